The van der Waals surface area contributed by atoms with Crippen molar-refractivity contribution < 1.29 is 46.6 Å². The Balaban J connectivity index is 1.45. The standard InChI is InChI=1S/C31H42F3N3O7/c1-20(35-27(39)18-37-11-13-42-14-12-37)26(38)17-23(15-22-7-9-24(10-8-22)44-31(32,33)34)29(41)36-25(16-21-5-3-4-6-21)28(40)30(2)19-43-30/h7-10,20-21,23,25H,3-6,11-19H2,1-2H3,(H,35,39)(H,36,41). The van der Waals surface area contributed by atoms with Crippen molar-refractivity contribution in [1.82, 2.24) is 15.5 Å². The van der Waals surface area contributed by atoms with Crippen molar-refractivity contribution in [2.45, 2.75) is 82.8 Å². The SMILES string of the molecule is CC(NC(=O)CN1CCOCC1)C(=O)CC(Cc1ccc(OC(F)(F)F)cc1)C(=O)NC(CC1CCCC1)C(=O)C1(C)CO1. The largest absolute Gasteiger partial charge is 0.573 e. The number of hydrogen-bond acceptors (Lipinski definition) is 8. The molecule has 10 nitrogen and oxygen atoms in total. The van der Waals surface area contributed by atoms with Crippen molar-refractivity contribution in [2.24, 2.45) is 11.8 Å². The quantitative estimate of drug-likeness (QED) is 0.285. The van der Waals surface area contributed by atoms with Crippen LogP contribution in [0.15, 0.2) is 24.3 Å². The van der Waals surface area contributed by atoms with Gasteiger partial charge in [0.2, 0.25) is 11.8 Å². The molecule has 244 valence electrons. The fourth-order valence-corrected chi connectivity index (χ4v) is 5.84. The number of nitrogens with one attached hydrogen (secondary N) is 2. The van der Waals surface area contributed by atoms with Crippen molar-refractivity contribution >= 4 is 23.4 Å². The van der Waals surface area contributed by atoms with Crippen LogP contribution in [-0.4, -0.2) is 91.8 Å². The van der Waals surface area contributed by atoms with Crippen LogP contribution in [0, 0.1) is 11.8 Å². The van der Waals surface area contributed by atoms with Gasteiger partial charge in [0, 0.05) is 25.4 Å². The highest BCUT2D eigenvalue weighted by molar-refractivity contribution is 5.98. The van der Waals surface area contributed by atoms with Gasteiger partial charge in [0.05, 0.1) is 38.4 Å². The van der Waals surface area contributed by atoms with Crippen molar-refractivity contribution in [3.8, 4) is 5.75 Å². The number of morpholine rings is 1. The number of carbonyl (C=O) groups is 4. The predicted molar refractivity (Wildman–Crippen MR) is 153 cm³/mol. The first-order valence-corrected chi connectivity index (χ1v) is 15.3. The van der Waals surface area contributed by atoms with E-state index in [0.717, 1.165) is 37.8 Å². The van der Waals surface area contributed by atoms with E-state index in [2.05, 4.69) is 15.4 Å². The van der Waals surface area contributed by atoms with Crippen LogP contribution >= 0.6 is 0 Å². The number of alkyl halides is 3. The third kappa shape index (κ3) is 10.3. The summed E-state index contributed by atoms with van der Waals surface area (Å²) in [6.45, 7) is 5.90. The van der Waals surface area contributed by atoms with Gasteiger partial charge in [-0.2, -0.15) is 0 Å². The van der Waals surface area contributed by atoms with E-state index in [1.807, 2.05) is 4.90 Å². The molecular formula is C31H42F3N3O7. The lowest BCUT2D eigenvalue weighted by molar-refractivity contribution is -0.274. The maximum absolute atomic E-state index is 13.7. The molecule has 2 amide bonds. The van der Waals surface area contributed by atoms with E-state index in [-0.39, 0.29) is 49.4 Å². The predicted octanol–water partition coefficient (Wildman–Crippen LogP) is 2.96. The molecule has 13 heteroatoms. The molecule has 1 aromatic carbocycles. The molecule has 1 saturated carbocycles. The van der Waals surface area contributed by atoms with Crippen LogP contribution in [0.4, 0.5) is 13.2 Å². The summed E-state index contributed by atoms with van der Waals surface area (Å²) in [4.78, 5) is 54.9. The summed E-state index contributed by atoms with van der Waals surface area (Å²) in [5.41, 5.74) is -0.442. The number of halogens is 3. The Kier molecular flexibility index (Phi) is 11.4. The monoisotopic (exact) mass is 625 g/mol. The number of ether oxygens (including phenoxy) is 3. The topological polar surface area (TPSA) is 127 Å². The minimum atomic E-state index is -4.85. The average molecular weight is 626 g/mol. The number of ketones is 2. The Labute approximate surface area is 255 Å². The van der Waals surface area contributed by atoms with Gasteiger partial charge >= 0.3 is 6.36 Å². The normalized spacial score (nSPS) is 22.9. The van der Waals surface area contributed by atoms with Crippen LogP contribution in [0.3, 0.4) is 0 Å². The van der Waals surface area contributed by atoms with E-state index in [4.69, 9.17) is 9.47 Å². The van der Waals surface area contributed by atoms with E-state index >= 15 is 0 Å². The number of nitrogens with zero attached hydrogens (tertiary/aromatic N) is 1. The fraction of sp³-hybridized carbons (Fsp3) is 0.677. The number of carbonyl (C=O) groups excluding carboxylic acids is 4. The second-order valence-corrected chi connectivity index (χ2v) is 12.3. The molecular weight excluding hydrogens is 583 g/mol. The van der Waals surface area contributed by atoms with Crippen LogP contribution in [0.5, 0.6) is 5.75 Å². The molecule has 4 rings (SSSR count). The lowest BCUT2D eigenvalue weighted by Gasteiger charge is -2.27. The van der Waals surface area contributed by atoms with Gasteiger partial charge in [0.1, 0.15) is 11.4 Å². The molecule has 44 heavy (non-hydrogen) atoms. The van der Waals surface area contributed by atoms with Gasteiger partial charge in [0.15, 0.2) is 11.6 Å². The van der Waals surface area contributed by atoms with E-state index in [1.54, 1.807) is 13.8 Å². The van der Waals surface area contributed by atoms with Crippen molar-refractivity contribution in [3.63, 3.8) is 0 Å². The zero-order valence-electron chi connectivity index (χ0n) is 25.3. The summed E-state index contributed by atoms with van der Waals surface area (Å²) >= 11 is 0. The number of rotatable bonds is 15. The van der Waals surface area contributed by atoms with Gasteiger partial charge in [-0.25, -0.2) is 0 Å². The number of Topliss-reactive ketones (excluding diaryl/α,β-unsaturated/α-hetero) is 2. The third-order valence-electron chi connectivity index (χ3n) is 8.56. The summed E-state index contributed by atoms with van der Waals surface area (Å²) in [5, 5.41) is 5.60. The molecule has 2 heterocycles. The molecule has 3 fully saturated rings. The summed E-state index contributed by atoms with van der Waals surface area (Å²) in [6, 6.07) is 3.43. The Morgan fingerprint density at radius 1 is 1.07 bits per heavy atom. The molecule has 3 aliphatic rings. The van der Waals surface area contributed by atoms with E-state index < -0.39 is 41.6 Å². The summed E-state index contributed by atoms with van der Waals surface area (Å²) in [5.74, 6) is -2.49. The number of benzene rings is 1. The first kappa shape index (κ1) is 33.9. The van der Waals surface area contributed by atoms with Crippen molar-refractivity contribution in [3.05, 3.63) is 29.8 Å². The molecule has 2 saturated heterocycles. The van der Waals surface area contributed by atoms with Crippen LogP contribution in [0.2, 0.25) is 0 Å². The molecule has 2 aliphatic heterocycles. The second-order valence-electron chi connectivity index (χ2n) is 12.3. The lowest BCUT2D eigenvalue weighted by atomic mass is 9.88. The van der Waals surface area contributed by atoms with E-state index in [1.165, 1.54) is 12.1 Å². The van der Waals surface area contributed by atoms with Gasteiger partial charge in [-0.05, 0) is 50.3 Å². The Morgan fingerprint density at radius 2 is 1.70 bits per heavy atom. The Hall–Kier alpha value is -3.03. The van der Waals surface area contributed by atoms with Gasteiger partial charge in [-0.15, -0.1) is 13.2 Å². The maximum atomic E-state index is 13.7. The van der Waals surface area contributed by atoms with E-state index in [0.29, 0.717) is 38.3 Å². The second kappa shape index (κ2) is 14.8. The maximum Gasteiger partial charge on any atom is 0.573 e. The van der Waals surface area contributed by atoms with Gasteiger partial charge in [-0.3, -0.25) is 24.1 Å². The molecule has 0 radical (unpaired) electrons. The van der Waals surface area contributed by atoms with Gasteiger partial charge in [-0.1, -0.05) is 37.8 Å². The Morgan fingerprint density at radius 3 is 2.30 bits per heavy atom. The number of hydrogen-bond donors (Lipinski definition) is 2. The highest BCUT2D eigenvalue weighted by atomic mass is 19.4. The van der Waals surface area contributed by atoms with Crippen molar-refractivity contribution in [2.75, 3.05) is 39.5 Å². The zero-order valence-corrected chi connectivity index (χ0v) is 25.3. The van der Waals surface area contributed by atoms with Crippen molar-refractivity contribution in [1.29, 1.82) is 0 Å². The van der Waals surface area contributed by atoms with Crippen LogP contribution < -0.4 is 15.4 Å². The Bertz CT molecular complexity index is 1160. The molecule has 0 bridgehead atoms. The summed E-state index contributed by atoms with van der Waals surface area (Å²) in [6.07, 6.45) is -0.537. The molecule has 1 aliphatic carbocycles. The van der Waals surface area contributed by atoms with Crippen LogP contribution in [-0.2, 0) is 35.1 Å². The smallest absolute Gasteiger partial charge is 0.406 e. The fourth-order valence-electron chi connectivity index (χ4n) is 5.84. The first-order valence-electron chi connectivity index (χ1n) is 15.3. The van der Waals surface area contributed by atoms with Crippen LogP contribution in [0.1, 0.15) is 57.9 Å². The highest BCUT2D eigenvalue weighted by Crippen LogP contribution is 2.34. The lowest BCUT2D eigenvalue weighted by Crippen LogP contribution is -2.50. The number of amides is 2. The molecule has 1 aromatic rings. The third-order valence-corrected chi connectivity index (χ3v) is 8.56. The highest BCUT2D eigenvalue weighted by Gasteiger charge is 2.50. The van der Waals surface area contributed by atoms with Gasteiger partial charge in [0.25, 0.3) is 0 Å². The summed E-state index contributed by atoms with van der Waals surface area (Å²) in [7, 11) is 0. The van der Waals surface area contributed by atoms with E-state index in [9.17, 15) is 32.3 Å². The minimum Gasteiger partial charge on any atom is -0.406 e. The molecule has 0 spiro atoms. The molecule has 2 N–H and O–H groups in total. The summed E-state index contributed by atoms with van der Waals surface area (Å²) < 4.78 is 52.5. The van der Waals surface area contributed by atoms with Gasteiger partial charge < -0.3 is 24.8 Å². The average Bonchev–Trinajstić information content (AvgIpc) is 3.50. The first-order chi connectivity index (χ1) is 20.8. The molecule has 4 unspecified atom stereocenters. The molecule has 0 aromatic heterocycles. The zero-order chi connectivity index (χ0) is 31.9. The van der Waals surface area contributed by atoms with Crippen LogP contribution in [0.25, 0.3) is 0 Å². The number of epoxide rings is 1. The molecule has 4 atom stereocenters. The minimum absolute atomic E-state index is 0.0242.